The van der Waals surface area contributed by atoms with Gasteiger partial charge in [0.25, 0.3) is 11.8 Å². The van der Waals surface area contributed by atoms with Crippen LogP contribution in [0.1, 0.15) is 33.7 Å². The molecule has 0 spiro atoms. The molecule has 1 atom stereocenters. The lowest BCUT2D eigenvalue weighted by Crippen LogP contribution is -2.43. The smallest absolute Gasteiger partial charge is 0.274 e. The van der Waals surface area contributed by atoms with Crippen LogP contribution in [-0.2, 0) is 0 Å². The molecule has 0 unspecified atom stereocenters. The van der Waals surface area contributed by atoms with Gasteiger partial charge in [0, 0.05) is 47.5 Å². The molecule has 1 aliphatic rings. The van der Waals surface area contributed by atoms with Crippen molar-refractivity contribution in [3.05, 3.63) is 95.6 Å². The lowest BCUT2D eigenvalue weighted by molar-refractivity contribution is 0.0721. The predicted octanol–water partition coefficient (Wildman–Crippen LogP) is 6.31. The van der Waals surface area contributed by atoms with Crippen LogP contribution in [0, 0.1) is 0 Å². The molecule has 4 heterocycles. The summed E-state index contributed by atoms with van der Waals surface area (Å²) in [4.78, 5) is 38.5. The molecule has 0 bridgehead atoms. The number of amides is 2. The van der Waals surface area contributed by atoms with Gasteiger partial charge in [0.2, 0.25) is 0 Å². The molecule has 5 aromatic rings. The number of furan rings is 1. The van der Waals surface area contributed by atoms with Gasteiger partial charge in [-0.15, -0.1) is 11.3 Å². The first-order valence-electron chi connectivity index (χ1n) is 12.3. The van der Waals surface area contributed by atoms with Crippen LogP contribution in [0.3, 0.4) is 0 Å². The number of aromatic nitrogens is 2. The van der Waals surface area contributed by atoms with Crippen molar-refractivity contribution in [3.63, 3.8) is 0 Å². The van der Waals surface area contributed by atoms with Crippen LogP contribution in [0.4, 0.5) is 0 Å². The Balaban J connectivity index is 1.27. The van der Waals surface area contributed by atoms with Crippen LogP contribution in [0.5, 0.6) is 0 Å². The van der Waals surface area contributed by atoms with E-state index in [2.05, 4.69) is 10.3 Å². The first-order valence-corrected chi connectivity index (χ1v) is 13.5. The van der Waals surface area contributed by atoms with Crippen molar-refractivity contribution in [1.82, 2.24) is 20.2 Å². The van der Waals surface area contributed by atoms with Gasteiger partial charge in [-0.25, -0.2) is 4.98 Å². The summed E-state index contributed by atoms with van der Waals surface area (Å²) in [6, 6.07) is 18.3. The zero-order valence-electron chi connectivity index (χ0n) is 20.3. The number of fused-ring (bicyclic) bond motifs is 1. The summed E-state index contributed by atoms with van der Waals surface area (Å²) in [5.41, 5.74) is 3.29. The van der Waals surface area contributed by atoms with Gasteiger partial charge in [-0.1, -0.05) is 29.8 Å². The Bertz CT molecular complexity index is 1630. The molecule has 190 valence electrons. The summed E-state index contributed by atoms with van der Waals surface area (Å²) in [6.45, 7) is 0.955. The summed E-state index contributed by atoms with van der Waals surface area (Å²) in [5.74, 6) is -0.344. The average Bonchev–Trinajstić information content (AvgIpc) is 3.71. The minimum Gasteiger partial charge on any atom is -0.464 e. The molecular weight excluding hydrogens is 520 g/mol. The number of carbonyl (C=O) groups excluding carboxylic acids is 2. The molecule has 1 aliphatic heterocycles. The number of likely N-dealkylation sites (tertiary alicyclic amines) is 1. The number of thiazole rings is 1. The number of carbonyl (C=O) groups is 2. The maximum atomic E-state index is 13.9. The SMILES string of the molecule is O=C(NC[C@@H]1CCCN1C(=O)c1nc(-c2cccnc2)sc1-c1cccc(Cl)c1)c1cccc2occc12. The summed E-state index contributed by atoms with van der Waals surface area (Å²) in [5, 5.41) is 5.10. The number of rotatable bonds is 6. The van der Waals surface area contributed by atoms with E-state index >= 15 is 0 Å². The predicted molar refractivity (Wildman–Crippen MR) is 148 cm³/mol. The number of hydrogen-bond donors (Lipinski definition) is 1. The normalized spacial score (nSPS) is 15.2. The molecular formula is C29H23ClN4O3S. The van der Waals surface area contributed by atoms with Gasteiger partial charge in [-0.3, -0.25) is 14.6 Å². The highest BCUT2D eigenvalue weighted by Crippen LogP contribution is 2.37. The van der Waals surface area contributed by atoms with Crippen molar-refractivity contribution in [2.24, 2.45) is 0 Å². The van der Waals surface area contributed by atoms with Crippen molar-refractivity contribution in [2.45, 2.75) is 18.9 Å². The fourth-order valence-electron chi connectivity index (χ4n) is 4.85. The number of benzene rings is 2. The van der Waals surface area contributed by atoms with E-state index in [1.54, 1.807) is 42.9 Å². The van der Waals surface area contributed by atoms with E-state index in [-0.39, 0.29) is 17.9 Å². The van der Waals surface area contributed by atoms with Crippen LogP contribution < -0.4 is 5.32 Å². The molecule has 0 saturated carbocycles. The number of nitrogens with one attached hydrogen (secondary N) is 1. The highest BCUT2D eigenvalue weighted by Gasteiger charge is 2.33. The highest BCUT2D eigenvalue weighted by atomic mass is 35.5. The minimum atomic E-state index is -0.191. The van der Waals surface area contributed by atoms with E-state index in [9.17, 15) is 9.59 Å². The van der Waals surface area contributed by atoms with Gasteiger partial charge in [0.1, 0.15) is 16.3 Å². The highest BCUT2D eigenvalue weighted by molar-refractivity contribution is 7.18. The van der Waals surface area contributed by atoms with Crippen molar-refractivity contribution in [3.8, 4) is 21.0 Å². The molecule has 38 heavy (non-hydrogen) atoms. The molecule has 7 nitrogen and oxygen atoms in total. The largest absolute Gasteiger partial charge is 0.464 e. The van der Waals surface area contributed by atoms with Crippen molar-refractivity contribution >= 4 is 45.7 Å². The maximum absolute atomic E-state index is 13.9. The monoisotopic (exact) mass is 542 g/mol. The van der Waals surface area contributed by atoms with E-state index in [1.165, 1.54) is 11.3 Å². The molecule has 3 aromatic heterocycles. The molecule has 2 aromatic carbocycles. The third kappa shape index (κ3) is 4.68. The van der Waals surface area contributed by atoms with E-state index < -0.39 is 0 Å². The molecule has 6 rings (SSSR count). The zero-order chi connectivity index (χ0) is 26.1. The summed E-state index contributed by atoms with van der Waals surface area (Å²) >= 11 is 7.73. The third-order valence-electron chi connectivity index (χ3n) is 6.70. The lowest BCUT2D eigenvalue weighted by atomic mass is 10.1. The van der Waals surface area contributed by atoms with E-state index in [4.69, 9.17) is 21.0 Å². The van der Waals surface area contributed by atoms with Gasteiger partial charge < -0.3 is 14.6 Å². The second-order valence-corrected chi connectivity index (χ2v) is 10.5. The second kappa shape index (κ2) is 10.4. The fraction of sp³-hybridized carbons (Fsp3) is 0.172. The third-order valence-corrected chi connectivity index (χ3v) is 8.09. The van der Waals surface area contributed by atoms with Gasteiger partial charge in [-0.2, -0.15) is 0 Å². The molecule has 9 heteroatoms. The van der Waals surface area contributed by atoms with Gasteiger partial charge >= 0.3 is 0 Å². The molecule has 1 fully saturated rings. The number of nitrogens with zero attached hydrogens (tertiary/aromatic N) is 3. The van der Waals surface area contributed by atoms with Gasteiger partial charge in [0.05, 0.1) is 16.7 Å². The van der Waals surface area contributed by atoms with E-state index in [0.29, 0.717) is 40.0 Å². The van der Waals surface area contributed by atoms with Crippen LogP contribution in [0.15, 0.2) is 83.7 Å². The lowest BCUT2D eigenvalue weighted by Gasteiger charge is -2.25. The van der Waals surface area contributed by atoms with Crippen molar-refractivity contribution < 1.29 is 14.0 Å². The van der Waals surface area contributed by atoms with Crippen LogP contribution in [0.25, 0.3) is 32.0 Å². The Hall–Kier alpha value is -4.01. The topological polar surface area (TPSA) is 88.3 Å². The zero-order valence-corrected chi connectivity index (χ0v) is 21.8. The first-order chi connectivity index (χ1) is 18.6. The van der Waals surface area contributed by atoms with E-state index in [0.717, 1.165) is 34.2 Å². The number of halogens is 1. The molecule has 0 radical (unpaired) electrons. The van der Waals surface area contributed by atoms with E-state index in [1.807, 2.05) is 41.3 Å². The Kier molecular flexibility index (Phi) is 6.66. The Morgan fingerprint density at radius 2 is 1.97 bits per heavy atom. The van der Waals surface area contributed by atoms with Crippen molar-refractivity contribution in [2.75, 3.05) is 13.1 Å². The molecule has 0 aliphatic carbocycles. The number of hydrogen-bond acceptors (Lipinski definition) is 6. The summed E-state index contributed by atoms with van der Waals surface area (Å²) < 4.78 is 5.42. The maximum Gasteiger partial charge on any atom is 0.274 e. The van der Waals surface area contributed by atoms with Crippen molar-refractivity contribution in [1.29, 1.82) is 0 Å². The number of pyridine rings is 1. The molecule has 1 saturated heterocycles. The van der Waals surface area contributed by atoms with Crippen LogP contribution in [-0.4, -0.2) is 45.8 Å². The average molecular weight is 543 g/mol. The fourth-order valence-corrected chi connectivity index (χ4v) is 6.09. The first kappa shape index (κ1) is 24.3. The van der Waals surface area contributed by atoms with Crippen LogP contribution >= 0.6 is 22.9 Å². The summed E-state index contributed by atoms with van der Waals surface area (Å²) in [6.07, 6.45) is 6.68. The van der Waals surface area contributed by atoms with Gasteiger partial charge in [0.15, 0.2) is 0 Å². The Morgan fingerprint density at radius 1 is 1.11 bits per heavy atom. The van der Waals surface area contributed by atoms with Gasteiger partial charge in [-0.05, 0) is 60.9 Å². The Labute approximate surface area is 228 Å². The van der Waals surface area contributed by atoms with Crippen LogP contribution in [0.2, 0.25) is 5.02 Å². The second-order valence-electron chi connectivity index (χ2n) is 9.09. The quantitative estimate of drug-likeness (QED) is 0.272. The Morgan fingerprint density at radius 3 is 2.82 bits per heavy atom. The summed E-state index contributed by atoms with van der Waals surface area (Å²) in [7, 11) is 0. The molecule has 2 amide bonds. The standard InChI is InChI=1S/C29H23ClN4O3S/c30-20-7-1-5-18(15-20)26-25(33-28(38-26)19-6-3-12-31-16-19)29(36)34-13-4-8-21(34)17-32-27(35)23-9-2-10-24-22(23)11-14-37-24/h1-3,5-7,9-12,14-16,21H,4,8,13,17H2,(H,32,35)/t21-/m0/s1. The minimum absolute atomic E-state index is 0.134. The molecule has 1 N–H and O–H groups in total.